The van der Waals surface area contributed by atoms with Gasteiger partial charge in [0.2, 0.25) is 0 Å². The number of aromatic nitrogens is 1. The van der Waals surface area contributed by atoms with Gasteiger partial charge in [0, 0.05) is 23.9 Å². The van der Waals surface area contributed by atoms with Crippen molar-refractivity contribution in [3.05, 3.63) is 95.3 Å². The van der Waals surface area contributed by atoms with Gasteiger partial charge >= 0.3 is 0 Å². The van der Waals surface area contributed by atoms with Crippen molar-refractivity contribution < 1.29 is 0 Å². The molecule has 2 radical (unpaired) electrons. The molecule has 0 amide bonds. The van der Waals surface area contributed by atoms with Crippen LogP contribution < -0.4 is 5.46 Å². The van der Waals surface area contributed by atoms with E-state index in [4.69, 9.17) is 7.85 Å². The topological polar surface area (TPSA) is 36.7 Å². The molecule has 0 aliphatic heterocycles. The molecule has 0 bridgehead atoms. The van der Waals surface area contributed by atoms with E-state index in [0.717, 1.165) is 33.3 Å². The normalized spacial score (nSPS) is 20.8. The highest BCUT2D eigenvalue weighted by molar-refractivity contribution is 6.33. The molecule has 2 nitrogen and oxygen atoms in total. The summed E-state index contributed by atoms with van der Waals surface area (Å²) in [6.07, 6.45) is 8.02. The maximum absolute atomic E-state index is 9.79. The van der Waals surface area contributed by atoms with Gasteiger partial charge in [0.05, 0.1) is 6.07 Å². The summed E-state index contributed by atoms with van der Waals surface area (Å²) in [5, 5.41) is 9.79. The zero-order valence-corrected chi connectivity index (χ0v) is 18.1. The summed E-state index contributed by atoms with van der Waals surface area (Å²) in [5.41, 5.74) is 9.66. The Balaban J connectivity index is 1.64. The molecule has 3 aromatic rings. The Morgan fingerprint density at radius 1 is 1.00 bits per heavy atom. The minimum atomic E-state index is -0.0554. The maximum Gasteiger partial charge on any atom is 0.113 e. The predicted molar refractivity (Wildman–Crippen MR) is 127 cm³/mol. The average Bonchev–Trinajstić information content (AvgIpc) is 3.00. The summed E-state index contributed by atoms with van der Waals surface area (Å²) in [4.78, 5) is 4.24. The smallest absolute Gasteiger partial charge is 0.113 e. The number of nitriles is 1. The number of nitrogens with zero attached hydrogens (tertiary/aromatic N) is 2. The summed E-state index contributed by atoms with van der Waals surface area (Å²) in [7, 11) is 6.28. The number of benzene rings is 2. The van der Waals surface area contributed by atoms with Gasteiger partial charge in [-0.15, -0.1) is 0 Å². The highest BCUT2D eigenvalue weighted by Crippen LogP contribution is 2.56. The summed E-state index contributed by atoms with van der Waals surface area (Å²) in [5.74, 6) is 0.434. The van der Waals surface area contributed by atoms with E-state index < -0.39 is 0 Å². The third-order valence-electron chi connectivity index (χ3n) is 6.85. The van der Waals surface area contributed by atoms with Gasteiger partial charge < -0.3 is 0 Å². The van der Waals surface area contributed by atoms with Crippen LogP contribution in [0.2, 0.25) is 0 Å². The number of pyridine rings is 1. The number of hydrogen-bond acceptors (Lipinski definition) is 2. The fourth-order valence-electron chi connectivity index (χ4n) is 5.31. The lowest BCUT2D eigenvalue weighted by Gasteiger charge is -2.31. The Kier molecular flexibility index (Phi) is 4.48. The molecule has 0 saturated heterocycles. The van der Waals surface area contributed by atoms with E-state index in [0.29, 0.717) is 5.92 Å². The van der Waals surface area contributed by atoms with Crippen LogP contribution in [0.5, 0.6) is 0 Å². The van der Waals surface area contributed by atoms with E-state index in [2.05, 4.69) is 62.2 Å². The van der Waals surface area contributed by atoms with Crippen molar-refractivity contribution in [1.29, 1.82) is 5.26 Å². The summed E-state index contributed by atoms with van der Waals surface area (Å²) >= 11 is 0. The van der Waals surface area contributed by atoms with Crippen LogP contribution in [-0.4, -0.2) is 12.8 Å². The number of hydrogen-bond donors (Lipinski definition) is 0. The van der Waals surface area contributed by atoms with Gasteiger partial charge in [-0.05, 0) is 69.8 Å². The van der Waals surface area contributed by atoms with Gasteiger partial charge in [-0.25, -0.2) is 0 Å². The Morgan fingerprint density at radius 2 is 1.77 bits per heavy atom. The Hall–Kier alpha value is -3.38. The van der Waals surface area contributed by atoms with Gasteiger partial charge in [-0.3, -0.25) is 4.98 Å². The van der Waals surface area contributed by atoms with E-state index in [9.17, 15) is 5.26 Å². The molecule has 0 saturated carbocycles. The van der Waals surface area contributed by atoms with Gasteiger partial charge in [0.1, 0.15) is 7.85 Å². The molecule has 2 atom stereocenters. The molecule has 148 valence electrons. The van der Waals surface area contributed by atoms with Gasteiger partial charge in [0.15, 0.2) is 0 Å². The molecule has 31 heavy (non-hydrogen) atoms. The molecule has 3 heteroatoms. The molecule has 5 rings (SSSR count). The van der Waals surface area contributed by atoms with E-state index >= 15 is 0 Å². The lowest BCUT2D eigenvalue weighted by molar-refractivity contribution is 0.388. The van der Waals surface area contributed by atoms with E-state index in [1.165, 1.54) is 16.7 Å². The van der Waals surface area contributed by atoms with Crippen molar-refractivity contribution in [2.45, 2.75) is 32.1 Å². The molecular formula is C28H23BN2. The minimum Gasteiger partial charge on any atom is -0.264 e. The van der Waals surface area contributed by atoms with Gasteiger partial charge in [-0.2, -0.15) is 5.26 Å². The van der Waals surface area contributed by atoms with Crippen molar-refractivity contribution in [3.8, 4) is 28.3 Å². The Labute approximate surface area is 185 Å². The molecule has 0 fully saturated rings. The average molecular weight is 398 g/mol. The molecule has 2 aliphatic rings. The molecular weight excluding hydrogens is 375 g/mol. The van der Waals surface area contributed by atoms with Crippen LogP contribution in [0.15, 0.2) is 84.2 Å². The van der Waals surface area contributed by atoms with Crippen molar-refractivity contribution in [2.24, 2.45) is 5.92 Å². The molecule has 2 aliphatic carbocycles. The van der Waals surface area contributed by atoms with E-state index in [1.54, 1.807) is 6.20 Å². The van der Waals surface area contributed by atoms with Gasteiger partial charge in [-0.1, -0.05) is 67.4 Å². The predicted octanol–water partition coefficient (Wildman–Crippen LogP) is 5.61. The lowest BCUT2D eigenvalue weighted by atomic mass is 9.71. The molecule has 1 heterocycles. The molecule has 1 aromatic heterocycles. The number of fused-ring (bicyclic) bond motifs is 3. The van der Waals surface area contributed by atoms with Crippen molar-refractivity contribution >= 4 is 13.3 Å². The second kappa shape index (κ2) is 7.10. The van der Waals surface area contributed by atoms with Gasteiger partial charge in [0.25, 0.3) is 0 Å². The van der Waals surface area contributed by atoms with Crippen molar-refractivity contribution in [3.63, 3.8) is 0 Å². The van der Waals surface area contributed by atoms with E-state index in [1.807, 2.05) is 36.5 Å². The summed E-state index contributed by atoms with van der Waals surface area (Å²) in [6.45, 7) is 6.68. The third-order valence-corrected chi connectivity index (χ3v) is 6.85. The van der Waals surface area contributed by atoms with Crippen LogP contribution >= 0.6 is 0 Å². The maximum atomic E-state index is 9.79. The Bertz CT molecular complexity index is 1290. The summed E-state index contributed by atoms with van der Waals surface area (Å²) in [6, 6.07) is 19.3. The third kappa shape index (κ3) is 3.15. The van der Waals surface area contributed by atoms with Crippen molar-refractivity contribution in [2.75, 3.05) is 0 Å². The van der Waals surface area contributed by atoms with Crippen molar-refractivity contribution in [1.82, 2.24) is 4.98 Å². The van der Waals surface area contributed by atoms with E-state index in [-0.39, 0.29) is 11.3 Å². The first kappa shape index (κ1) is 19.6. The van der Waals surface area contributed by atoms with Crippen LogP contribution in [-0.2, 0) is 5.41 Å². The molecule has 0 N–H and O–H groups in total. The molecule has 2 aromatic carbocycles. The number of allylic oxidation sites excluding steroid dienone is 4. The Morgan fingerprint density at radius 3 is 2.48 bits per heavy atom. The van der Waals surface area contributed by atoms with Crippen LogP contribution in [0.3, 0.4) is 0 Å². The second-order valence-electron chi connectivity index (χ2n) is 9.23. The first-order valence-corrected chi connectivity index (χ1v) is 10.6. The highest BCUT2D eigenvalue weighted by atomic mass is 14.6. The summed E-state index contributed by atoms with van der Waals surface area (Å²) < 4.78 is 0. The SMILES string of the molecule is [B]c1cc(-c2cccnc2)cc(-c2ccc3c(c2)C(C)(C)C2C=C(C)C=C(C#N)C32)c1. The standard InChI is InChI=1S/C28H23BN2/c1-17-9-22(15-30)27-24-7-6-18(14-25(24)28(2,3)26(27)10-17)20-11-21(13-23(29)12-20)19-5-4-8-31-16-19/h4-14,16,26-27H,1-3H3. The fraction of sp³-hybridized carbons (Fsp3) is 0.214. The van der Waals surface area contributed by atoms with Crippen LogP contribution in [0.1, 0.15) is 37.8 Å². The lowest BCUT2D eigenvalue weighted by Crippen LogP contribution is -2.26. The minimum absolute atomic E-state index is 0.0554. The second-order valence-corrected chi connectivity index (χ2v) is 9.23. The monoisotopic (exact) mass is 398 g/mol. The van der Waals surface area contributed by atoms with Crippen LogP contribution in [0.25, 0.3) is 22.3 Å². The first-order valence-electron chi connectivity index (χ1n) is 10.6. The molecule has 2 unspecified atom stereocenters. The first-order chi connectivity index (χ1) is 14.9. The molecule has 0 spiro atoms. The van der Waals surface area contributed by atoms with Crippen LogP contribution in [0.4, 0.5) is 0 Å². The fourth-order valence-corrected chi connectivity index (χ4v) is 5.31. The zero-order valence-electron chi connectivity index (χ0n) is 18.1. The van der Waals surface area contributed by atoms with Crippen LogP contribution in [0, 0.1) is 17.2 Å². The largest absolute Gasteiger partial charge is 0.264 e. The highest BCUT2D eigenvalue weighted by Gasteiger charge is 2.47. The quantitative estimate of drug-likeness (QED) is 0.526. The zero-order chi connectivity index (χ0) is 21.8. The number of rotatable bonds is 2.